The van der Waals surface area contributed by atoms with Gasteiger partial charge in [0.1, 0.15) is 0 Å². The predicted molar refractivity (Wildman–Crippen MR) is 65.5 cm³/mol. The molecule has 7 heteroatoms. The summed E-state index contributed by atoms with van der Waals surface area (Å²) in [5.41, 5.74) is 0. The smallest absolute Gasteiger partial charge is 0.315 e. The van der Waals surface area contributed by atoms with Crippen molar-refractivity contribution in [1.82, 2.24) is 10.6 Å². The Bertz CT molecular complexity index is 260. The molecule has 0 aromatic heterocycles. The van der Waals surface area contributed by atoms with Gasteiger partial charge in [-0.1, -0.05) is 0 Å². The minimum Gasteiger partial charge on any atom is -0.481 e. The van der Waals surface area contributed by atoms with Crippen LogP contribution in [0.4, 0.5) is 4.79 Å². The van der Waals surface area contributed by atoms with Gasteiger partial charge in [-0.2, -0.15) is 0 Å². The highest BCUT2D eigenvalue weighted by Crippen LogP contribution is 1.95. The highest BCUT2D eigenvalue weighted by molar-refractivity contribution is 5.74. The van der Waals surface area contributed by atoms with Crippen LogP contribution in [0.3, 0.4) is 0 Å². The van der Waals surface area contributed by atoms with E-state index in [0.29, 0.717) is 13.2 Å². The van der Waals surface area contributed by atoms with E-state index in [9.17, 15) is 9.59 Å². The van der Waals surface area contributed by atoms with E-state index >= 15 is 0 Å². The van der Waals surface area contributed by atoms with Crippen molar-refractivity contribution >= 4 is 12.0 Å². The predicted octanol–water partition coefficient (Wildman–Crippen LogP) is 0.200. The van der Waals surface area contributed by atoms with Crippen molar-refractivity contribution in [2.75, 3.05) is 26.9 Å². The van der Waals surface area contributed by atoms with Crippen LogP contribution in [0.2, 0.25) is 0 Å². The van der Waals surface area contributed by atoms with E-state index in [2.05, 4.69) is 10.6 Å². The molecule has 0 radical (unpaired) electrons. The van der Waals surface area contributed by atoms with E-state index < -0.39 is 12.1 Å². The number of carboxylic acids is 1. The lowest BCUT2D eigenvalue weighted by Crippen LogP contribution is -2.45. The van der Waals surface area contributed by atoms with E-state index in [1.807, 2.05) is 13.8 Å². The molecule has 106 valence electrons. The van der Waals surface area contributed by atoms with Gasteiger partial charge in [0.25, 0.3) is 0 Å². The SMILES string of the molecule is CCOCC(C)NC(=O)NCC(CC(=O)O)OC. The van der Waals surface area contributed by atoms with Crippen LogP contribution < -0.4 is 10.6 Å². The summed E-state index contributed by atoms with van der Waals surface area (Å²) in [6.45, 7) is 4.88. The summed E-state index contributed by atoms with van der Waals surface area (Å²) in [6.07, 6.45) is -0.680. The maximum absolute atomic E-state index is 11.4. The van der Waals surface area contributed by atoms with Crippen LogP contribution in [0.15, 0.2) is 0 Å². The maximum Gasteiger partial charge on any atom is 0.315 e. The average molecular weight is 262 g/mol. The summed E-state index contributed by atoms with van der Waals surface area (Å²) >= 11 is 0. The number of carbonyl (C=O) groups excluding carboxylic acids is 1. The molecule has 0 aromatic rings. The van der Waals surface area contributed by atoms with Crippen molar-refractivity contribution in [3.63, 3.8) is 0 Å². The third-order valence-electron chi connectivity index (χ3n) is 2.18. The van der Waals surface area contributed by atoms with E-state index in [0.717, 1.165) is 0 Å². The molecule has 0 fully saturated rings. The number of carbonyl (C=O) groups is 2. The normalized spacial score (nSPS) is 13.7. The second-order valence-corrected chi connectivity index (χ2v) is 3.87. The van der Waals surface area contributed by atoms with Gasteiger partial charge in [-0.25, -0.2) is 4.79 Å². The molecule has 7 nitrogen and oxygen atoms in total. The number of nitrogens with one attached hydrogen (secondary N) is 2. The number of hydrogen-bond acceptors (Lipinski definition) is 4. The molecular formula is C11H22N2O5. The van der Waals surface area contributed by atoms with Gasteiger partial charge in [0.15, 0.2) is 0 Å². The van der Waals surface area contributed by atoms with Gasteiger partial charge in [0, 0.05) is 20.3 Å². The number of ether oxygens (including phenoxy) is 2. The van der Waals surface area contributed by atoms with Crippen LogP contribution in [-0.4, -0.2) is 56.1 Å². The number of rotatable bonds is 9. The lowest BCUT2D eigenvalue weighted by Gasteiger charge is -2.17. The second kappa shape index (κ2) is 9.67. The molecule has 0 bridgehead atoms. The third-order valence-corrected chi connectivity index (χ3v) is 2.18. The Balaban J connectivity index is 3.83. The Morgan fingerprint density at radius 1 is 1.39 bits per heavy atom. The zero-order valence-corrected chi connectivity index (χ0v) is 11.1. The Morgan fingerprint density at radius 3 is 2.56 bits per heavy atom. The lowest BCUT2D eigenvalue weighted by molar-refractivity contribution is -0.139. The molecule has 3 N–H and O–H groups in total. The number of aliphatic carboxylic acids is 1. The Morgan fingerprint density at radius 2 is 2.06 bits per heavy atom. The molecule has 0 aromatic carbocycles. The van der Waals surface area contributed by atoms with Gasteiger partial charge in [-0.15, -0.1) is 0 Å². The van der Waals surface area contributed by atoms with Gasteiger partial charge in [-0.3, -0.25) is 4.79 Å². The van der Waals surface area contributed by atoms with Gasteiger partial charge >= 0.3 is 12.0 Å². The second-order valence-electron chi connectivity index (χ2n) is 3.87. The summed E-state index contributed by atoms with van der Waals surface area (Å²) in [4.78, 5) is 21.9. The highest BCUT2D eigenvalue weighted by atomic mass is 16.5. The number of hydrogen-bond donors (Lipinski definition) is 3. The first-order chi connectivity index (χ1) is 8.49. The van der Waals surface area contributed by atoms with E-state index in [1.54, 1.807) is 0 Å². The Labute approximate surface area is 107 Å². The highest BCUT2D eigenvalue weighted by Gasteiger charge is 2.14. The zero-order chi connectivity index (χ0) is 14.0. The van der Waals surface area contributed by atoms with Gasteiger partial charge in [0.2, 0.25) is 0 Å². The average Bonchev–Trinajstić information content (AvgIpc) is 2.31. The first-order valence-corrected chi connectivity index (χ1v) is 5.86. The zero-order valence-electron chi connectivity index (χ0n) is 11.1. The van der Waals surface area contributed by atoms with Crippen molar-refractivity contribution in [3.8, 4) is 0 Å². The monoisotopic (exact) mass is 262 g/mol. The van der Waals surface area contributed by atoms with Crippen molar-refractivity contribution in [3.05, 3.63) is 0 Å². The maximum atomic E-state index is 11.4. The summed E-state index contributed by atoms with van der Waals surface area (Å²) in [6, 6.07) is -0.472. The molecule has 2 atom stereocenters. The number of urea groups is 1. The molecule has 0 spiro atoms. The Kier molecular flexibility index (Phi) is 8.95. The van der Waals surface area contributed by atoms with Crippen molar-refractivity contribution in [1.29, 1.82) is 0 Å². The standard InChI is InChI=1S/C11H22N2O5/c1-4-18-7-8(2)13-11(16)12-6-9(17-3)5-10(14)15/h8-9H,4-7H2,1-3H3,(H,14,15)(H2,12,13,16). The molecule has 2 amide bonds. The first-order valence-electron chi connectivity index (χ1n) is 5.86. The van der Waals surface area contributed by atoms with Crippen LogP contribution >= 0.6 is 0 Å². The molecule has 0 saturated heterocycles. The molecule has 0 aliphatic rings. The van der Waals surface area contributed by atoms with Crippen molar-refractivity contribution in [2.24, 2.45) is 0 Å². The quantitative estimate of drug-likeness (QED) is 0.551. The molecule has 0 saturated carbocycles. The minimum absolute atomic E-state index is 0.106. The van der Waals surface area contributed by atoms with Crippen molar-refractivity contribution in [2.45, 2.75) is 32.4 Å². The largest absolute Gasteiger partial charge is 0.481 e. The fourth-order valence-corrected chi connectivity index (χ4v) is 1.25. The van der Waals surface area contributed by atoms with E-state index in [1.165, 1.54) is 7.11 Å². The van der Waals surface area contributed by atoms with E-state index in [4.69, 9.17) is 14.6 Å². The number of carboxylic acid groups (broad SMARTS) is 1. The van der Waals surface area contributed by atoms with Crippen LogP contribution in [0.1, 0.15) is 20.3 Å². The van der Waals surface area contributed by atoms with Crippen LogP contribution in [-0.2, 0) is 14.3 Å². The fourth-order valence-electron chi connectivity index (χ4n) is 1.25. The fraction of sp³-hybridized carbons (Fsp3) is 0.818. The van der Waals surface area contributed by atoms with Crippen LogP contribution in [0.5, 0.6) is 0 Å². The van der Waals surface area contributed by atoms with Crippen LogP contribution in [0.25, 0.3) is 0 Å². The Hall–Kier alpha value is -1.34. The van der Waals surface area contributed by atoms with Gasteiger partial charge in [-0.05, 0) is 13.8 Å². The molecule has 0 aliphatic carbocycles. The van der Waals surface area contributed by atoms with Crippen molar-refractivity contribution < 1.29 is 24.2 Å². The minimum atomic E-state index is -0.964. The van der Waals surface area contributed by atoms with Gasteiger partial charge in [0.05, 0.1) is 25.2 Å². The summed E-state index contributed by atoms with van der Waals surface area (Å²) in [5.74, 6) is -0.964. The molecule has 2 unspecified atom stereocenters. The molecule has 0 rings (SSSR count). The number of methoxy groups -OCH3 is 1. The summed E-state index contributed by atoms with van der Waals surface area (Å²) in [7, 11) is 1.41. The first kappa shape index (κ1) is 16.7. The molecular weight excluding hydrogens is 240 g/mol. The summed E-state index contributed by atoms with van der Waals surface area (Å²) < 4.78 is 10.1. The molecule has 18 heavy (non-hydrogen) atoms. The summed E-state index contributed by atoms with van der Waals surface area (Å²) in [5, 5.41) is 13.8. The van der Waals surface area contributed by atoms with E-state index in [-0.39, 0.29) is 25.0 Å². The third kappa shape index (κ3) is 8.77. The van der Waals surface area contributed by atoms with Gasteiger partial charge < -0.3 is 25.2 Å². The molecule has 0 aliphatic heterocycles. The number of amides is 2. The van der Waals surface area contributed by atoms with Crippen LogP contribution in [0, 0.1) is 0 Å². The molecule has 0 heterocycles. The lowest BCUT2D eigenvalue weighted by atomic mass is 10.2. The topological polar surface area (TPSA) is 96.9 Å².